The summed E-state index contributed by atoms with van der Waals surface area (Å²) in [6.45, 7) is 3.30. The van der Waals surface area contributed by atoms with Gasteiger partial charge in [0.1, 0.15) is 5.70 Å². The minimum Gasteiger partial charge on any atom is -0.379 e. The molecule has 0 spiro atoms. The van der Waals surface area contributed by atoms with E-state index in [1.165, 1.54) is 12.1 Å². The zero-order valence-corrected chi connectivity index (χ0v) is 17.2. The number of carbonyl (C=O) groups is 2. The second-order valence-electron chi connectivity index (χ2n) is 7.54. The lowest BCUT2D eigenvalue weighted by Gasteiger charge is -2.28. The monoisotopic (exact) mass is 445 g/mol. The molecule has 2 heterocycles. The Kier molecular flexibility index (Phi) is 6.29. The van der Waals surface area contributed by atoms with Gasteiger partial charge in [0.25, 0.3) is 11.8 Å². The third-order valence-corrected chi connectivity index (χ3v) is 5.43. The van der Waals surface area contributed by atoms with Crippen LogP contribution in [0.25, 0.3) is 5.57 Å². The number of imide groups is 1. The number of nitrogens with one attached hydrogen (secondary N) is 1. The summed E-state index contributed by atoms with van der Waals surface area (Å²) in [7, 11) is 0. The third-order valence-electron chi connectivity index (χ3n) is 5.43. The zero-order valence-electron chi connectivity index (χ0n) is 17.2. The molecule has 2 aliphatic rings. The number of alkyl halides is 3. The Morgan fingerprint density at radius 2 is 1.62 bits per heavy atom. The maximum atomic E-state index is 13.2. The van der Waals surface area contributed by atoms with Gasteiger partial charge >= 0.3 is 6.18 Å². The highest BCUT2D eigenvalue weighted by Crippen LogP contribution is 2.33. The molecular weight excluding hydrogens is 423 g/mol. The lowest BCUT2D eigenvalue weighted by Crippen LogP contribution is -2.43. The molecular formula is C23H22F3N3O3. The number of nitrogens with zero attached hydrogens (tertiary/aromatic N) is 2. The molecule has 0 aromatic heterocycles. The van der Waals surface area contributed by atoms with Crippen molar-refractivity contribution in [2.45, 2.75) is 6.18 Å². The van der Waals surface area contributed by atoms with E-state index in [1.807, 2.05) is 0 Å². The molecule has 4 rings (SSSR count). The van der Waals surface area contributed by atoms with Crippen molar-refractivity contribution >= 4 is 23.1 Å². The summed E-state index contributed by atoms with van der Waals surface area (Å²) in [5.74, 6) is -1.02. The smallest absolute Gasteiger partial charge is 0.379 e. The van der Waals surface area contributed by atoms with E-state index in [4.69, 9.17) is 4.74 Å². The van der Waals surface area contributed by atoms with Crippen molar-refractivity contribution < 1.29 is 27.5 Å². The molecule has 2 aliphatic heterocycles. The maximum Gasteiger partial charge on any atom is 0.416 e. The number of halogens is 3. The summed E-state index contributed by atoms with van der Waals surface area (Å²) in [5.41, 5.74) is -0.114. The van der Waals surface area contributed by atoms with Crippen LogP contribution in [0.4, 0.5) is 18.9 Å². The molecule has 0 saturated carbocycles. The number of ether oxygens (including phenoxy) is 1. The van der Waals surface area contributed by atoms with Gasteiger partial charge in [-0.05, 0) is 23.8 Å². The Morgan fingerprint density at radius 3 is 2.31 bits per heavy atom. The fourth-order valence-corrected chi connectivity index (χ4v) is 3.75. The predicted octanol–water partition coefficient (Wildman–Crippen LogP) is 3.23. The number of amides is 2. The van der Waals surface area contributed by atoms with Crippen LogP contribution in [0.15, 0.2) is 60.3 Å². The van der Waals surface area contributed by atoms with Crippen molar-refractivity contribution in [1.29, 1.82) is 0 Å². The van der Waals surface area contributed by atoms with E-state index >= 15 is 0 Å². The van der Waals surface area contributed by atoms with Crippen LogP contribution in [0.2, 0.25) is 0 Å². The summed E-state index contributed by atoms with van der Waals surface area (Å²) >= 11 is 0. The lowest BCUT2D eigenvalue weighted by atomic mass is 10.0. The van der Waals surface area contributed by atoms with E-state index in [-0.39, 0.29) is 23.5 Å². The molecule has 168 valence electrons. The van der Waals surface area contributed by atoms with Crippen molar-refractivity contribution in [3.05, 3.63) is 71.4 Å². The molecule has 0 unspecified atom stereocenters. The van der Waals surface area contributed by atoms with Gasteiger partial charge in [0.15, 0.2) is 0 Å². The first-order chi connectivity index (χ1) is 15.3. The average Bonchev–Trinajstić information content (AvgIpc) is 3.02. The molecule has 0 bridgehead atoms. The SMILES string of the molecule is O=C1C(Nc2cccc(C(F)(F)F)c2)=C(c2ccccc2)C(=O)N1CCN1CCOCC1. The molecule has 0 atom stereocenters. The molecule has 32 heavy (non-hydrogen) atoms. The highest BCUT2D eigenvalue weighted by molar-refractivity contribution is 6.36. The Bertz CT molecular complexity index is 1030. The van der Waals surface area contributed by atoms with Gasteiger partial charge in [0.2, 0.25) is 0 Å². The van der Waals surface area contributed by atoms with E-state index in [0.717, 1.165) is 17.0 Å². The van der Waals surface area contributed by atoms with Crippen molar-refractivity contribution in [2.24, 2.45) is 0 Å². The summed E-state index contributed by atoms with van der Waals surface area (Å²) < 4.78 is 44.7. The minimum atomic E-state index is -4.52. The van der Waals surface area contributed by atoms with E-state index < -0.39 is 23.6 Å². The summed E-state index contributed by atoms with van der Waals surface area (Å²) in [6, 6.07) is 13.2. The third kappa shape index (κ3) is 4.68. The summed E-state index contributed by atoms with van der Waals surface area (Å²) in [5, 5.41) is 2.78. The zero-order chi connectivity index (χ0) is 22.7. The van der Waals surface area contributed by atoms with Gasteiger partial charge in [0, 0.05) is 31.9 Å². The fraction of sp³-hybridized carbons (Fsp3) is 0.304. The largest absolute Gasteiger partial charge is 0.416 e. The Balaban J connectivity index is 1.62. The Hall–Kier alpha value is -3.17. The van der Waals surface area contributed by atoms with Crippen molar-refractivity contribution in [3.63, 3.8) is 0 Å². The average molecular weight is 445 g/mol. The summed E-state index contributed by atoms with van der Waals surface area (Å²) in [6.07, 6.45) is -4.52. The second kappa shape index (κ2) is 9.13. The van der Waals surface area contributed by atoms with Crippen LogP contribution in [0, 0.1) is 0 Å². The van der Waals surface area contributed by atoms with E-state index in [1.54, 1.807) is 30.3 Å². The quantitative estimate of drug-likeness (QED) is 0.692. The van der Waals surface area contributed by atoms with Crippen LogP contribution in [-0.2, 0) is 20.5 Å². The highest BCUT2D eigenvalue weighted by atomic mass is 19.4. The standard InChI is InChI=1S/C23H22F3N3O3/c24-23(25,26)17-7-4-8-18(15-17)27-20-19(16-5-2-1-3-6-16)21(30)29(22(20)31)10-9-28-11-13-32-14-12-28/h1-8,15,27H,9-14H2. The normalized spacial score (nSPS) is 17.9. The minimum absolute atomic E-state index is 0.0255. The van der Waals surface area contributed by atoms with Crippen molar-refractivity contribution in [1.82, 2.24) is 9.80 Å². The van der Waals surface area contributed by atoms with Gasteiger partial charge < -0.3 is 10.1 Å². The van der Waals surface area contributed by atoms with Gasteiger partial charge in [-0.1, -0.05) is 36.4 Å². The van der Waals surface area contributed by atoms with Crippen LogP contribution in [0.1, 0.15) is 11.1 Å². The number of benzene rings is 2. The first-order valence-electron chi connectivity index (χ1n) is 10.2. The van der Waals surface area contributed by atoms with Crippen LogP contribution < -0.4 is 5.32 Å². The molecule has 9 heteroatoms. The van der Waals surface area contributed by atoms with E-state index in [9.17, 15) is 22.8 Å². The molecule has 1 N–H and O–H groups in total. The van der Waals surface area contributed by atoms with Gasteiger partial charge in [0.05, 0.1) is 24.4 Å². The predicted molar refractivity (Wildman–Crippen MR) is 112 cm³/mol. The molecule has 1 fully saturated rings. The van der Waals surface area contributed by atoms with Gasteiger partial charge in [-0.3, -0.25) is 19.4 Å². The molecule has 0 radical (unpaired) electrons. The first-order valence-corrected chi connectivity index (χ1v) is 10.2. The Labute approximate surface area is 183 Å². The van der Waals surface area contributed by atoms with Crippen LogP contribution in [0.3, 0.4) is 0 Å². The Morgan fingerprint density at radius 1 is 0.906 bits per heavy atom. The number of anilines is 1. The van der Waals surface area contributed by atoms with E-state index in [2.05, 4.69) is 10.2 Å². The summed E-state index contributed by atoms with van der Waals surface area (Å²) in [4.78, 5) is 29.6. The van der Waals surface area contributed by atoms with Crippen molar-refractivity contribution in [2.75, 3.05) is 44.7 Å². The molecule has 0 aliphatic carbocycles. The van der Waals surface area contributed by atoms with Crippen molar-refractivity contribution in [3.8, 4) is 0 Å². The highest BCUT2D eigenvalue weighted by Gasteiger charge is 2.39. The lowest BCUT2D eigenvalue weighted by molar-refractivity contribution is -0.138. The second-order valence-corrected chi connectivity index (χ2v) is 7.54. The van der Waals surface area contributed by atoms with Gasteiger partial charge in [-0.15, -0.1) is 0 Å². The number of hydrogen-bond donors (Lipinski definition) is 1. The van der Waals surface area contributed by atoms with Crippen LogP contribution in [-0.4, -0.2) is 61.0 Å². The first kappa shape index (κ1) is 22.0. The number of hydrogen-bond acceptors (Lipinski definition) is 5. The van der Waals surface area contributed by atoms with Gasteiger partial charge in [-0.25, -0.2) is 0 Å². The molecule has 6 nitrogen and oxygen atoms in total. The fourth-order valence-electron chi connectivity index (χ4n) is 3.75. The number of carbonyl (C=O) groups excluding carboxylic acids is 2. The molecule has 2 amide bonds. The van der Waals surface area contributed by atoms with E-state index in [0.29, 0.717) is 38.4 Å². The van der Waals surface area contributed by atoms with Gasteiger partial charge in [-0.2, -0.15) is 13.2 Å². The topological polar surface area (TPSA) is 61.9 Å². The number of morpholine rings is 1. The maximum absolute atomic E-state index is 13.2. The molecule has 1 saturated heterocycles. The molecule has 2 aromatic carbocycles. The van der Waals surface area contributed by atoms with Crippen LogP contribution >= 0.6 is 0 Å². The molecule has 2 aromatic rings. The van der Waals surface area contributed by atoms with Crippen LogP contribution in [0.5, 0.6) is 0 Å². The number of rotatable bonds is 6.